The molecular formula is C48H43IrN3O-2. The van der Waals surface area contributed by atoms with Gasteiger partial charge in [0.2, 0.25) is 0 Å². The summed E-state index contributed by atoms with van der Waals surface area (Å²) < 4.78 is 6.12. The smallest absolute Gasteiger partial charge is 0.142 e. The van der Waals surface area contributed by atoms with Crippen molar-refractivity contribution < 1.29 is 24.5 Å². The van der Waals surface area contributed by atoms with Crippen LogP contribution in [0.15, 0.2) is 132 Å². The first-order valence-corrected chi connectivity index (χ1v) is 18.0. The van der Waals surface area contributed by atoms with Crippen molar-refractivity contribution in [2.45, 2.75) is 53.9 Å². The second kappa shape index (κ2) is 16.6. The molecule has 0 saturated carbocycles. The van der Waals surface area contributed by atoms with Crippen LogP contribution in [0.25, 0.3) is 55.7 Å². The third-order valence-electron chi connectivity index (χ3n) is 9.65. The zero-order valence-electron chi connectivity index (χ0n) is 31.1. The Bertz CT molecular complexity index is 2450. The van der Waals surface area contributed by atoms with Crippen LogP contribution in [0.4, 0.5) is 0 Å². The van der Waals surface area contributed by atoms with Gasteiger partial charge < -0.3 is 19.4 Å². The molecule has 1 unspecified atom stereocenters. The minimum atomic E-state index is 0. The number of rotatable bonds is 7. The van der Waals surface area contributed by atoms with Crippen molar-refractivity contribution in [1.82, 2.24) is 15.0 Å². The number of aromatic nitrogens is 3. The molecule has 0 bridgehead atoms. The van der Waals surface area contributed by atoms with Gasteiger partial charge in [-0.2, -0.15) is 0 Å². The molecule has 4 aromatic heterocycles. The number of furan rings is 1. The standard InChI is InChI=1S/C31H23N2O.C17H20N.Ir/c1-20-18-32-27(17-25(20)23-13-7-4-8-14-23)26-19-33-31-30(24-15-9-10-16-28(24)34-31)29(26)21(2)22-11-5-3-6-12-22;1-12(2)9-16-11-18-17(10-14(16)4)15-7-5-13(3)6-8-15;/h3-18,21H,1-2H3;5-7,10-12H,9H2,1-4H3;/q2*-1;. The summed E-state index contributed by atoms with van der Waals surface area (Å²) >= 11 is 0. The van der Waals surface area contributed by atoms with E-state index in [0.717, 1.165) is 62.0 Å². The van der Waals surface area contributed by atoms with E-state index < -0.39 is 0 Å². The van der Waals surface area contributed by atoms with Gasteiger partial charge >= 0.3 is 0 Å². The predicted molar refractivity (Wildman–Crippen MR) is 214 cm³/mol. The summed E-state index contributed by atoms with van der Waals surface area (Å²) in [5.74, 6) is 0.768. The zero-order valence-corrected chi connectivity index (χ0v) is 33.5. The van der Waals surface area contributed by atoms with Crippen molar-refractivity contribution in [3.63, 3.8) is 0 Å². The SMILES string of the molecule is Cc1c[c-]c(-c2cc(C)c(CC(C)C)cn2)cc1.Cc1cnc(-c2[c-]nc3oc4ccccc4c3c2C(C)c2ccccc2)cc1-c1ccccc1.[Ir]. The molecule has 0 N–H and O–H groups in total. The van der Waals surface area contributed by atoms with E-state index in [1.807, 2.05) is 48.8 Å². The number of para-hydroxylation sites is 1. The molecule has 0 saturated heterocycles. The number of hydrogen-bond donors (Lipinski definition) is 0. The summed E-state index contributed by atoms with van der Waals surface area (Å²) in [6.07, 6.45) is 8.35. The maximum atomic E-state index is 6.12. The van der Waals surface area contributed by atoms with Crippen LogP contribution in [-0.4, -0.2) is 15.0 Å². The van der Waals surface area contributed by atoms with Crippen LogP contribution < -0.4 is 0 Å². The molecule has 1 radical (unpaired) electrons. The Morgan fingerprint density at radius 1 is 0.717 bits per heavy atom. The number of benzene rings is 4. The van der Waals surface area contributed by atoms with Crippen molar-refractivity contribution in [1.29, 1.82) is 0 Å². The van der Waals surface area contributed by atoms with Crippen LogP contribution >= 0.6 is 0 Å². The molecule has 0 spiro atoms. The van der Waals surface area contributed by atoms with E-state index in [4.69, 9.17) is 9.40 Å². The fourth-order valence-corrected chi connectivity index (χ4v) is 6.84. The number of pyridine rings is 3. The number of nitrogens with zero attached hydrogens (tertiary/aromatic N) is 3. The third-order valence-corrected chi connectivity index (χ3v) is 9.65. The molecule has 5 heteroatoms. The normalized spacial score (nSPS) is 11.6. The summed E-state index contributed by atoms with van der Waals surface area (Å²) in [6, 6.07) is 42.9. The average molecular weight is 870 g/mol. The first kappa shape index (κ1) is 37.5. The summed E-state index contributed by atoms with van der Waals surface area (Å²) in [7, 11) is 0. The van der Waals surface area contributed by atoms with E-state index in [-0.39, 0.29) is 26.0 Å². The average Bonchev–Trinajstić information content (AvgIpc) is 3.55. The summed E-state index contributed by atoms with van der Waals surface area (Å²) in [6.45, 7) is 13.0. The second-order valence-electron chi connectivity index (χ2n) is 14.0. The van der Waals surface area contributed by atoms with Crippen molar-refractivity contribution in [3.8, 4) is 33.6 Å². The van der Waals surface area contributed by atoms with Crippen LogP contribution in [-0.2, 0) is 26.5 Å². The van der Waals surface area contributed by atoms with Crippen LogP contribution in [0.5, 0.6) is 0 Å². The molecule has 0 fully saturated rings. The van der Waals surface area contributed by atoms with Gasteiger partial charge in [-0.05, 0) is 89.0 Å². The first-order chi connectivity index (χ1) is 25.3. The molecule has 8 aromatic rings. The van der Waals surface area contributed by atoms with Gasteiger partial charge in [0.1, 0.15) is 11.3 Å². The van der Waals surface area contributed by atoms with Gasteiger partial charge in [-0.25, -0.2) is 0 Å². The first-order valence-electron chi connectivity index (χ1n) is 18.0. The van der Waals surface area contributed by atoms with Gasteiger partial charge in [-0.3, -0.25) is 0 Å². The largest absolute Gasteiger partial charge is 0.483 e. The van der Waals surface area contributed by atoms with Gasteiger partial charge in [0.15, 0.2) is 0 Å². The van der Waals surface area contributed by atoms with Crippen molar-refractivity contribution >= 4 is 22.1 Å². The molecule has 1 atom stereocenters. The Morgan fingerprint density at radius 2 is 1.42 bits per heavy atom. The fraction of sp³-hybridized carbons (Fsp3) is 0.188. The Kier molecular flexibility index (Phi) is 11.8. The van der Waals surface area contributed by atoms with Crippen LogP contribution in [0.2, 0.25) is 0 Å². The van der Waals surface area contributed by atoms with Crippen molar-refractivity contribution in [3.05, 3.63) is 173 Å². The second-order valence-corrected chi connectivity index (χ2v) is 14.0. The van der Waals surface area contributed by atoms with Gasteiger partial charge in [-0.15, -0.1) is 46.5 Å². The molecule has 4 aromatic carbocycles. The molecule has 4 nitrogen and oxygen atoms in total. The van der Waals surface area contributed by atoms with Crippen molar-refractivity contribution in [2.75, 3.05) is 0 Å². The molecule has 53 heavy (non-hydrogen) atoms. The summed E-state index contributed by atoms with van der Waals surface area (Å²) in [5.41, 5.74) is 15.0. The van der Waals surface area contributed by atoms with Crippen LogP contribution in [0, 0.1) is 39.0 Å². The number of aryl methyl sites for hydroxylation is 3. The van der Waals surface area contributed by atoms with Gasteiger partial charge in [0.25, 0.3) is 0 Å². The van der Waals surface area contributed by atoms with E-state index >= 15 is 0 Å². The number of hydrogen-bond acceptors (Lipinski definition) is 4. The van der Waals surface area contributed by atoms with Gasteiger partial charge in [-0.1, -0.05) is 124 Å². The maximum Gasteiger partial charge on any atom is 0.142 e. The predicted octanol–water partition coefficient (Wildman–Crippen LogP) is 12.3. The third kappa shape index (κ3) is 8.23. The Hall–Kier alpha value is -5.22. The zero-order chi connectivity index (χ0) is 36.2. The molecule has 0 aliphatic carbocycles. The van der Waals surface area contributed by atoms with Crippen molar-refractivity contribution in [2.24, 2.45) is 5.92 Å². The summed E-state index contributed by atoms with van der Waals surface area (Å²) in [5, 5.41) is 2.10. The number of fused-ring (bicyclic) bond motifs is 3. The quantitative estimate of drug-likeness (QED) is 0.150. The van der Waals surface area contributed by atoms with E-state index in [0.29, 0.717) is 11.6 Å². The van der Waals surface area contributed by atoms with E-state index in [1.165, 1.54) is 27.8 Å². The van der Waals surface area contributed by atoms with Crippen LogP contribution in [0.3, 0.4) is 0 Å². The monoisotopic (exact) mass is 870 g/mol. The maximum absolute atomic E-state index is 6.12. The Labute approximate surface area is 326 Å². The van der Waals surface area contributed by atoms with Crippen LogP contribution in [0.1, 0.15) is 60.1 Å². The minimum Gasteiger partial charge on any atom is -0.483 e. The summed E-state index contributed by atoms with van der Waals surface area (Å²) in [4.78, 5) is 14.0. The van der Waals surface area contributed by atoms with E-state index in [2.05, 4.69) is 143 Å². The molecule has 0 aliphatic heterocycles. The minimum absolute atomic E-state index is 0. The molecule has 8 rings (SSSR count). The van der Waals surface area contributed by atoms with E-state index in [9.17, 15) is 0 Å². The molecular weight excluding hydrogens is 827 g/mol. The topological polar surface area (TPSA) is 51.8 Å². The molecule has 0 aliphatic rings. The van der Waals surface area contributed by atoms with Gasteiger partial charge in [0, 0.05) is 37.9 Å². The molecule has 267 valence electrons. The molecule has 4 heterocycles. The van der Waals surface area contributed by atoms with E-state index in [1.54, 1.807) is 0 Å². The molecule has 0 amide bonds. The fourth-order valence-electron chi connectivity index (χ4n) is 6.84. The Balaban J connectivity index is 0.000000215. The Morgan fingerprint density at radius 3 is 2.11 bits per heavy atom. The van der Waals surface area contributed by atoms with Gasteiger partial charge in [0.05, 0.1) is 0 Å².